The number of rotatable bonds is 15. The van der Waals surface area contributed by atoms with Crippen molar-refractivity contribution in [3.8, 4) is 0 Å². The summed E-state index contributed by atoms with van der Waals surface area (Å²) in [4.78, 5) is 34.1. The SMILES string of the molecule is COCCNC(C)(C)/C(CCNC(=O)CCCCC(=O)NCC(C)=O)=N/O. The van der Waals surface area contributed by atoms with Crippen molar-refractivity contribution in [3.05, 3.63) is 0 Å². The van der Waals surface area contributed by atoms with Gasteiger partial charge in [0.25, 0.3) is 0 Å². The summed E-state index contributed by atoms with van der Waals surface area (Å²) < 4.78 is 4.99. The molecule has 0 aliphatic rings. The van der Waals surface area contributed by atoms with Gasteiger partial charge in [-0.25, -0.2) is 0 Å². The fourth-order valence-corrected chi connectivity index (χ4v) is 2.35. The molecule has 9 heteroatoms. The number of ether oxygens (including phenoxy) is 1. The third-order valence-electron chi connectivity index (χ3n) is 3.99. The monoisotopic (exact) mass is 386 g/mol. The van der Waals surface area contributed by atoms with E-state index in [4.69, 9.17) is 4.74 Å². The van der Waals surface area contributed by atoms with Crippen LogP contribution in [-0.2, 0) is 19.1 Å². The molecule has 4 N–H and O–H groups in total. The number of unbranched alkanes of at least 4 members (excludes halogenated alkanes) is 1. The molecule has 0 saturated carbocycles. The zero-order valence-corrected chi connectivity index (χ0v) is 16.9. The van der Waals surface area contributed by atoms with Crippen LogP contribution >= 0.6 is 0 Å². The largest absolute Gasteiger partial charge is 0.411 e. The Morgan fingerprint density at radius 2 is 1.59 bits per heavy atom. The first-order chi connectivity index (χ1) is 12.7. The van der Waals surface area contributed by atoms with Gasteiger partial charge in [-0.2, -0.15) is 0 Å². The summed E-state index contributed by atoms with van der Waals surface area (Å²) in [5.41, 5.74) is 0.0339. The van der Waals surface area contributed by atoms with Crippen molar-refractivity contribution in [1.29, 1.82) is 0 Å². The molecule has 0 atom stereocenters. The summed E-state index contributed by atoms with van der Waals surface area (Å²) >= 11 is 0. The Morgan fingerprint density at radius 3 is 2.11 bits per heavy atom. The second-order valence-electron chi connectivity index (χ2n) is 6.88. The number of hydrogen-bond acceptors (Lipinski definition) is 7. The number of nitrogens with one attached hydrogen (secondary N) is 3. The lowest BCUT2D eigenvalue weighted by Crippen LogP contribution is -2.49. The first kappa shape index (κ1) is 25.0. The number of carbonyl (C=O) groups excluding carboxylic acids is 3. The molecular formula is C18H34N4O5. The van der Waals surface area contributed by atoms with Crippen LogP contribution in [0.4, 0.5) is 0 Å². The summed E-state index contributed by atoms with van der Waals surface area (Å²) in [5.74, 6) is -0.384. The Kier molecular flexibility index (Phi) is 13.1. The van der Waals surface area contributed by atoms with Crippen LogP contribution < -0.4 is 16.0 Å². The van der Waals surface area contributed by atoms with Crippen LogP contribution in [0.25, 0.3) is 0 Å². The number of ketones is 1. The van der Waals surface area contributed by atoms with Crippen molar-refractivity contribution in [1.82, 2.24) is 16.0 Å². The van der Waals surface area contributed by atoms with Crippen LogP contribution in [0.5, 0.6) is 0 Å². The van der Waals surface area contributed by atoms with Gasteiger partial charge in [0, 0.05) is 39.5 Å². The maximum atomic E-state index is 11.8. The minimum atomic E-state index is -0.509. The summed E-state index contributed by atoms with van der Waals surface area (Å²) in [7, 11) is 1.61. The fraction of sp³-hybridized carbons (Fsp3) is 0.778. The number of carbonyl (C=O) groups is 3. The molecule has 9 nitrogen and oxygen atoms in total. The van der Waals surface area contributed by atoms with Crippen molar-refractivity contribution in [2.45, 2.75) is 58.4 Å². The van der Waals surface area contributed by atoms with Gasteiger partial charge in [0.2, 0.25) is 11.8 Å². The highest BCUT2D eigenvalue weighted by molar-refractivity contribution is 5.92. The molecule has 27 heavy (non-hydrogen) atoms. The van der Waals surface area contributed by atoms with Gasteiger partial charge in [0.15, 0.2) is 0 Å². The molecule has 0 aromatic rings. The molecule has 0 aromatic heterocycles. The average molecular weight is 386 g/mol. The van der Waals surface area contributed by atoms with E-state index < -0.39 is 5.54 Å². The van der Waals surface area contributed by atoms with Gasteiger partial charge >= 0.3 is 0 Å². The summed E-state index contributed by atoms with van der Waals surface area (Å²) in [5, 5.41) is 21.1. The Morgan fingerprint density at radius 1 is 1.00 bits per heavy atom. The topological polar surface area (TPSA) is 129 Å². The maximum absolute atomic E-state index is 11.8. The Labute approximate surface area is 161 Å². The molecule has 0 aliphatic carbocycles. The highest BCUT2D eigenvalue weighted by Gasteiger charge is 2.24. The molecule has 2 amide bonds. The highest BCUT2D eigenvalue weighted by atomic mass is 16.5. The van der Waals surface area contributed by atoms with Gasteiger partial charge < -0.3 is 25.9 Å². The van der Waals surface area contributed by atoms with Crippen LogP contribution in [0.2, 0.25) is 0 Å². The molecule has 0 rings (SSSR count). The van der Waals surface area contributed by atoms with Crippen molar-refractivity contribution < 1.29 is 24.3 Å². The van der Waals surface area contributed by atoms with Gasteiger partial charge in [-0.15, -0.1) is 0 Å². The van der Waals surface area contributed by atoms with Gasteiger partial charge in [-0.1, -0.05) is 5.16 Å². The number of oxime groups is 1. The molecule has 0 saturated heterocycles. The summed E-state index contributed by atoms with van der Waals surface area (Å²) in [6.45, 7) is 6.79. The van der Waals surface area contributed by atoms with Gasteiger partial charge in [0.05, 0.1) is 24.4 Å². The standard InChI is InChI=1S/C18H34N4O5/c1-14(23)13-20-17(25)8-6-5-7-16(24)19-10-9-15(22-26)18(2,3)21-11-12-27-4/h21,26H,5-13H2,1-4H3,(H,19,24)(H,20,25)/b22-15+. The van der Waals surface area contributed by atoms with Gasteiger partial charge in [-0.3, -0.25) is 14.4 Å². The normalized spacial score (nSPS) is 11.9. The van der Waals surface area contributed by atoms with E-state index in [9.17, 15) is 19.6 Å². The van der Waals surface area contributed by atoms with Crippen LogP contribution in [-0.4, -0.2) is 67.4 Å². The molecule has 0 aromatic carbocycles. The van der Waals surface area contributed by atoms with E-state index in [0.717, 1.165) is 0 Å². The minimum Gasteiger partial charge on any atom is -0.411 e. The molecule has 0 radical (unpaired) electrons. The lowest BCUT2D eigenvalue weighted by Gasteiger charge is -2.27. The Hall–Kier alpha value is -2.00. The lowest BCUT2D eigenvalue weighted by molar-refractivity contribution is -0.124. The quantitative estimate of drug-likeness (QED) is 0.141. The second kappa shape index (κ2) is 14.1. The van der Waals surface area contributed by atoms with Crippen molar-refractivity contribution >= 4 is 23.3 Å². The van der Waals surface area contributed by atoms with Crippen LogP contribution in [0, 0.1) is 0 Å². The smallest absolute Gasteiger partial charge is 0.220 e. The number of hydrogen-bond donors (Lipinski definition) is 4. The third kappa shape index (κ3) is 12.9. The molecule has 0 unspecified atom stereocenters. The second-order valence-corrected chi connectivity index (χ2v) is 6.88. The first-order valence-corrected chi connectivity index (χ1v) is 9.21. The zero-order chi connectivity index (χ0) is 20.7. The van der Waals surface area contributed by atoms with E-state index in [1.165, 1.54) is 6.92 Å². The summed E-state index contributed by atoms with van der Waals surface area (Å²) in [6, 6.07) is 0. The minimum absolute atomic E-state index is 0.0464. The number of nitrogens with zero attached hydrogens (tertiary/aromatic N) is 1. The number of methoxy groups -OCH3 is 1. The molecule has 156 valence electrons. The predicted octanol–water partition coefficient (Wildman–Crippen LogP) is 0.603. The predicted molar refractivity (Wildman–Crippen MR) is 103 cm³/mol. The number of amides is 2. The molecule has 0 aliphatic heterocycles. The van der Waals surface area contributed by atoms with E-state index in [2.05, 4.69) is 21.1 Å². The maximum Gasteiger partial charge on any atom is 0.220 e. The molecular weight excluding hydrogens is 352 g/mol. The Balaban J connectivity index is 3.97. The molecule has 0 heterocycles. The van der Waals surface area contributed by atoms with Crippen molar-refractivity contribution in [2.75, 3.05) is 33.4 Å². The summed E-state index contributed by atoms with van der Waals surface area (Å²) in [6.07, 6.45) is 2.20. The molecule has 0 spiro atoms. The number of Topliss-reactive ketones (excluding diaryl/α,β-unsaturated/α-hetero) is 1. The van der Waals surface area contributed by atoms with E-state index in [1.54, 1.807) is 7.11 Å². The molecule has 0 bridgehead atoms. The van der Waals surface area contributed by atoms with Crippen LogP contribution in [0.1, 0.15) is 52.9 Å². The van der Waals surface area contributed by atoms with E-state index in [-0.39, 0.29) is 24.1 Å². The van der Waals surface area contributed by atoms with Crippen LogP contribution in [0.15, 0.2) is 5.16 Å². The molecule has 0 fully saturated rings. The van der Waals surface area contributed by atoms with E-state index in [1.807, 2.05) is 13.8 Å². The van der Waals surface area contributed by atoms with Gasteiger partial charge in [-0.05, 0) is 33.6 Å². The fourth-order valence-electron chi connectivity index (χ4n) is 2.35. The van der Waals surface area contributed by atoms with Crippen molar-refractivity contribution in [2.24, 2.45) is 5.16 Å². The van der Waals surface area contributed by atoms with Crippen LogP contribution in [0.3, 0.4) is 0 Å². The van der Waals surface area contributed by atoms with Gasteiger partial charge in [0.1, 0.15) is 5.78 Å². The average Bonchev–Trinajstić information content (AvgIpc) is 2.60. The van der Waals surface area contributed by atoms with E-state index in [0.29, 0.717) is 57.5 Å². The first-order valence-electron chi connectivity index (χ1n) is 9.21. The van der Waals surface area contributed by atoms with E-state index >= 15 is 0 Å². The van der Waals surface area contributed by atoms with Crippen molar-refractivity contribution in [3.63, 3.8) is 0 Å². The lowest BCUT2D eigenvalue weighted by atomic mass is 9.95. The third-order valence-corrected chi connectivity index (χ3v) is 3.99. The highest BCUT2D eigenvalue weighted by Crippen LogP contribution is 2.08. The Bertz CT molecular complexity index is 506. The zero-order valence-electron chi connectivity index (χ0n) is 16.9.